The maximum atomic E-state index is 12.2. The van der Waals surface area contributed by atoms with Gasteiger partial charge in [0.25, 0.3) is 0 Å². The van der Waals surface area contributed by atoms with E-state index in [1.54, 1.807) is 0 Å². The van der Waals surface area contributed by atoms with E-state index in [-0.39, 0.29) is 5.78 Å². The van der Waals surface area contributed by atoms with Crippen molar-refractivity contribution in [3.63, 3.8) is 0 Å². The summed E-state index contributed by atoms with van der Waals surface area (Å²) in [4.78, 5) is 14.4. The summed E-state index contributed by atoms with van der Waals surface area (Å²) in [7, 11) is 0. The van der Waals surface area contributed by atoms with E-state index in [0.29, 0.717) is 12.6 Å². The Labute approximate surface area is 109 Å². The van der Waals surface area contributed by atoms with Gasteiger partial charge < -0.3 is 4.74 Å². The third-order valence-corrected chi connectivity index (χ3v) is 3.68. The molecule has 0 amide bonds. The van der Waals surface area contributed by atoms with Crippen LogP contribution in [0.2, 0.25) is 0 Å². The summed E-state index contributed by atoms with van der Waals surface area (Å²) in [5.74, 6) is 0.201. The zero-order chi connectivity index (χ0) is 13.1. The molecule has 1 aliphatic heterocycles. The first-order valence-corrected chi connectivity index (χ1v) is 6.50. The highest BCUT2D eigenvalue weighted by Crippen LogP contribution is 2.12. The van der Waals surface area contributed by atoms with Crippen LogP contribution in [0.5, 0.6) is 0 Å². The van der Waals surface area contributed by atoms with E-state index in [1.165, 1.54) is 11.1 Å². The van der Waals surface area contributed by atoms with Crippen molar-refractivity contribution in [3.05, 3.63) is 34.9 Å². The number of rotatable bonds is 3. The Morgan fingerprint density at radius 2 is 2.17 bits per heavy atom. The number of ether oxygens (including phenoxy) is 1. The zero-order valence-corrected chi connectivity index (χ0v) is 11.4. The second kappa shape index (κ2) is 5.63. The average Bonchev–Trinajstić information content (AvgIpc) is 2.35. The number of benzene rings is 1. The predicted molar refractivity (Wildman–Crippen MR) is 72.1 cm³/mol. The van der Waals surface area contributed by atoms with Crippen LogP contribution >= 0.6 is 0 Å². The number of nitrogens with zero attached hydrogens (tertiary/aromatic N) is 1. The normalized spacial score (nSPS) is 20.9. The quantitative estimate of drug-likeness (QED) is 0.767. The molecule has 0 N–H and O–H groups in total. The molecule has 0 spiro atoms. The lowest BCUT2D eigenvalue weighted by Gasteiger charge is -2.32. The first kappa shape index (κ1) is 13.2. The van der Waals surface area contributed by atoms with Crippen molar-refractivity contribution in [2.24, 2.45) is 0 Å². The number of hydrogen-bond donors (Lipinski definition) is 0. The number of carbonyl (C=O) groups excluding carboxylic acids is 1. The summed E-state index contributed by atoms with van der Waals surface area (Å²) < 4.78 is 5.38. The first-order valence-electron chi connectivity index (χ1n) is 6.50. The number of aryl methyl sites for hydroxylation is 2. The molecule has 1 atom stereocenters. The molecule has 0 radical (unpaired) electrons. The molecule has 1 saturated heterocycles. The van der Waals surface area contributed by atoms with Gasteiger partial charge in [-0.25, -0.2) is 0 Å². The average molecular weight is 247 g/mol. The molecule has 1 fully saturated rings. The van der Waals surface area contributed by atoms with E-state index < -0.39 is 0 Å². The fraction of sp³-hybridized carbons (Fsp3) is 0.533. The lowest BCUT2D eigenvalue weighted by atomic mass is 10.0. The van der Waals surface area contributed by atoms with Crippen LogP contribution in [-0.2, 0) is 4.74 Å². The van der Waals surface area contributed by atoms with Gasteiger partial charge in [0.05, 0.1) is 19.8 Å². The lowest BCUT2D eigenvalue weighted by Crippen LogP contribution is -2.45. The second-order valence-corrected chi connectivity index (χ2v) is 5.12. The summed E-state index contributed by atoms with van der Waals surface area (Å²) in [6.07, 6.45) is 0. The summed E-state index contributed by atoms with van der Waals surface area (Å²) >= 11 is 0. The van der Waals surface area contributed by atoms with Crippen LogP contribution in [0.15, 0.2) is 18.2 Å². The smallest absolute Gasteiger partial charge is 0.176 e. The molecule has 3 heteroatoms. The van der Waals surface area contributed by atoms with E-state index in [9.17, 15) is 4.79 Å². The highest BCUT2D eigenvalue weighted by molar-refractivity contribution is 5.97. The molecule has 98 valence electrons. The first-order chi connectivity index (χ1) is 8.58. The van der Waals surface area contributed by atoms with Crippen LogP contribution in [0.25, 0.3) is 0 Å². The van der Waals surface area contributed by atoms with Crippen molar-refractivity contribution < 1.29 is 9.53 Å². The largest absolute Gasteiger partial charge is 0.379 e. The van der Waals surface area contributed by atoms with Gasteiger partial charge in [0.15, 0.2) is 5.78 Å². The summed E-state index contributed by atoms with van der Waals surface area (Å²) in [5, 5.41) is 0. The molecule has 2 rings (SSSR count). The van der Waals surface area contributed by atoms with E-state index in [1.807, 2.05) is 25.1 Å². The molecule has 3 nitrogen and oxygen atoms in total. The molecule has 1 unspecified atom stereocenters. The Kier molecular flexibility index (Phi) is 4.15. The number of Topliss-reactive ketones (excluding diaryl/α,β-unsaturated/α-hetero) is 1. The molecule has 0 saturated carbocycles. The fourth-order valence-electron chi connectivity index (χ4n) is 2.19. The maximum Gasteiger partial charge on any atom is 0.176 e. The van der Waals surface area contributed by atoms with Gasteiger partial charge in [-0.1, -0.05) is 12.1 Å². The standard InChI is InChI=1S/C15H21NO2/c1-11-4-5-14(8-12(11)2)15(17)9-16-6-7-18-10-13(16)3/h4-5,8,13H,6-7,9-10H2,1-3H3. The highest BCUT2D eigenvalue weighted by Gasteiger charge is 2.21. The van der Waals surface area contributed by atoms with Gasteiger partial charge in [-0.15, -0.1) is 0 Å². The van der Waals surface area contributed by atoms with Gasteiger partial charge >= 0.3 is 0 Å². The lowest BCUT2D eigenvalue weighted by molar-refractivity contribution is 0.00201. The van der Waals surface area contributed by atoms with Crippen molar-refractivity contribution in [1.29, 1.82) is 0 Å². The molecule has 1 aromatic rings. The fourth-order valence-corrected chi connectivity index (χ4v) is 2.19. The SMILES string of the molecule is Cc1ccc(C(=O)CN2CCOCC2C)cc1C. The highest BCUT2D eigenvalue weighted by atomic mass is 16.5. The van der Waals surface area contributed by atoms with E-state index >= 15 is 0 Å². The predicted octanol–water partition coefficient (Wildman–Crippen LogP) is 2.21. The Balaban J connectivity index is 2.04. The third-order valence-electron chi connectivity index (χ3n) is 3.68. The van der Waals surface area contributed by atoms with Crippen molar-refractivity contribution in [3.8, 4) is 0 Å². The minimum absolute atomic E-state index is 0.201. The molecule has 1 heterocycles. The Morgan fingerprint density at radius 1 is 1.39 bits per heavy atom. The summed E-state index contributed by atoms with van der Waals surface area (Å²) in [5.41, 5.74) is 3.22. The van der Waals surface area contributed by atoms with E-state index in [2.05, 4.69) is 18.7 Å². The van der Waals surface area contributed by atoms with Gasteiger partial charge in [0.2, 0.25) is 0 Å². The van der Waals surface area contributed by atoms with Crippen LogP contribution in [-0.4, -0.2) is 43.0 Å². The summed E-state index contributed by atoms with van der Waals surface area (Å²) in [6.45, 7) is 9.00. The summed E-state index contributed by atoms with van der Waals surface area (Å²) in [6, 6.07) is 6.26. The number of hydrogen-bond acceptors (Lipinski definition) is 3. The molecule has 18 heavy (non-hydrogen) atoms. The van der Waals surface area contributed by atoms with Crippen LogP contribution < -0.4 is 0 Å². The molecule has 1 aliphatic rings. The van der Waals surface area contributed by atoms with E-state index in [4.69, 9.17) is 4.74 Å². The van der Waals surface area contributed by atoms with Crippen molar-refractivity contribution in [1.82, 2.24) is 4.90 Å². The second-order valence-electron chi connectivity index (χ2n) is 5.12. The van der Waals surface area contributed by atoms with Gasteiger partial charge in [-0.05, 0) is 38.0 Å². The zero-order valence-electron chi connectivity index (χ0n) is 11.4. The number of ketones is 1. The molecular formula is C15H21NO2. The molecule has 0 aliphatic carbocycles. The molecule has 1 aromatic carbocycles. The maximum absolute atomic E-state index is 12.2. The Hall–Kier alpha value is -1.19. The molecule has 0 aromatic heterocycles. The van der Waals surface area contributed by atoms with Crippen LogP contribution in [0, 0.1) is 13.8 Å². The van der Waals surface area contributed by atoms with E-state index in [0.717, 1.165) is 25.3 Å². The van der Waals surface area contributed by atoms with Gasteiger partial charge in [-0.3, -0.25) is 9.69 Å². The Bertz CT molecular complexity index is 442. The van der Waals surface area contributed by atoms with Crippen LogP contribution in [0.1, 0.15) is 28.4 Å². The van der Waals surface area contributed by atoms with Gasteiger partial charge in [-0.2, -0.15) is 0 Å². The Morgan fingerprint density at radius 3 is 2.83 bits per heavy atom. The molecule has 0 bridgehead atoms. The van der Waals surface area contributed by atoms with Crippen molar-refractivity contribution in [2.45, 2.75) is 26.8 Å². The van der Waals surface area contributed by atoms with Gasteiger partial charge in [0, 0.05) is 18.2 Å². The minimum atomic E-state index is 0.201. The van der Waals surface area contributed by atoms with Crippen LogP contribution in [0.3, 0.4) is 0 Å². The molecular weight excluding hydrogens is 226 g/mol. The van der Waals surface area contributed by atoms with Gasteiger partial charge in [0.1, 0.15) is 0 Å². The third kappa shape index (κ3) is 2.98. The van der Waals surface area contributed by atoms with Crippen molar-refractivity contribution in [2.75, 3.05) is 26.3 Å². The minimum Gasteiger partial charge on any atom is -0.379 e. The topological polar surface area (TPSA) is 29.5 Å². The number of morpholine rings is 1. The number of carbonyl (C=O) groups is 1. The van der Waals surface area contributed by atoms with Crippen molar-refractivity contribution >= 4 is 5.78 Å². The van der Waals surface area contributed by atoms with Crippen LogP contribution in [0.4, 0.5) is 0 Å². The monoisotopic (exact) mass is 247 g/mol.